The topological polar surface area (TPSA) is 85.8 Å². The van der Waals surface area contributed by atoms with Crippen LogP contribution >= 0.6 is 0 Å². The van der Waals surface area contributed by atoms with Crippen LogP contribution in [0.3, 0.4) is 0 Å². The quantitative estimate of drug-likeness (QED) is 0.480. The molecule has 1 heterocycles. The molecule has 0 radical (unpaired) electrons. The summed E-state index contributed by atoms with van der Waals surface area (Å²) in [7, 11) is 0. The molecule has 0 aliphatic rings. The van der Waals surface area contributed by atoms with E-state index in [0.717, 1.165) is 5.69 Å². The minimum Gasteiger partial charge on any atom is -0.289 e. The van der Waals surface area contributed by atoms with E-state index in [0.29, 0.717) is 5.92 Å². The number of hydrazine groups is 1. The Kier molecular flexibility index (Phi) is 3.38. The van der Waals surface area contributed by atoms with Crippen LogP contribution in [0.15, 0.2) is 30.5 Å². The number of carbonyl (C=O) groups is 1. The molecule has 0 saturated carbocycles. The number of aromatic nitrogens is 3. The van der Waals surface area contributed by atoms with E-state index in [1.54, 1.807) is 10.9 Å². The highest BCUT2D eigenvalue weighted by Gasteiger charge is 2.10. The first-order chi connectivity index (χ1) is 8.61. The molecule has 94 valence electrons. The number of hydrogen-bond donors (Lipinski definition) is 2. The Hall–Kier alpha value is -2.21. The molecule has 3 N–H and O–H groups in total. The third kappa shape index (κ3) is 2.38. The number of nitrogen functional groups attached to an aromatic ring is 1. The van der Waals surface area contributed by atoms with Gasteiger partial charge in [0.1, 0.15) is 0 Å². The van der Waals surface area contributed by atoms with Gasteiger partial charge >= 0.3 is 0 Å². The summed E-state index contributed by atoms with van der Waals surface area (Å²) in [5, 5.41) is 7.66. The monoisotopic (exact) mass is 245 g/mol. The molecule has 0 unspecified atom stereocenters. The molecule has 0 atom stereocenters. The number of benzene rings is 1. The van der Waals surface area contributed by atoms with Gasteiger partial charge in [0.05, 0.1) is 11.9 Å². The van der Waals surface area contributed by atoms with Gasteiger partial charge < -0.3 is 0 Å². The van der Waals surface area contributed by atoms with Crippen LogP contribution in [-0.4, -0.2) is 20.9 Å². The van der Waals surface area contributed by atoms with Crippen molar-refractivity contribution in [3.05, 3.63) is 41.7 Å². The second-order valence-electron chi connectivity index (χ2n) is 4.27. The first-order valence-corrected chi connectivity index (χ1v) is 5.65. The first-order valence-electron chi connectivity index (χ1n) is 5.65. The predicted octanol–water partition coefficient (Wildman–Crippen LogP) is 0.994. The zero-order valence-electron chi connectivity index (χ0n) is 10.3. The molecular weight excluding hydrogens is 230 g/mol. The van der Waals surface area contributed by atoms with Gasteiger partial charge in [-0.15, -0.1) is 5.10 Å². The van der Waals surface area contributed by atoms with Crippen molar-refractivity contribution < 1.29 is 4.79 Å². The maximum atomic E-state index is 11.3. The van der Waals surface area contributed by atoms with E-state index in [1.165, 1.54) is 5.56 Å². The van der Waals surface area contributed by atoms with Gasteiger partial charge in [0.25, 0.3) is 5.91 Å². The second-order valence-corrected chi connectivity index (χ2v) is 4.27. The van der Waals surface area contributed by atoms with E-state index in [4.69, 9.17) is 5.84 Å². The van der Waals surface area contributed by atoms with Crippen molar-refractivity contribution >= 4 is 5.91 Å². The van der Waals surface area contributed by atoms with E-state index >= 15 is 0 Å². The van der Waals surface area contributed by atoms with Crippen LogP contribution in [0.2, 0.25) is 0 Å². The van der Waals surface area contributed by atoms with Crippen LogP contribution in [0.25, 0.3) is 5.69 Å². The Balaban J connectivity index is 2.34. The van der Waals surface area contributed by atoms with Crippen molar-refractivity contribution in [3.8, 4) is 5.69 Å². The lowest BCUT2D eigenvalue weighted by Crippen LogP contribution is -2.30. The van der Waals surface area contributed by atoms with Crippen LogP contribution in [0, 0.1) is 0 Å². The maximum Gasteiger partial charge on any atom is 0.287 e. The van der Waals surface area contributed by atoms with Crippen molar-refractivity contribution in [3.63, 3.8) is 0 Å². The summed E-state index contributed by atoms with van der Waals surface area (Å²) in [5.74, 6) is 5.01. The molecule has 0 aliphatic carbocycles. The highest BCUT2D eigenvalue weighted by atomic mass is 16.2. The molecule has 2 aromatic rings. The second kappa shape index (κ2) is 4.97. The predicted molar refractivity (Wildman–Crippen MR) is 67.1 cm³/mol. The number of rotatable bonds is 3. The van der Waals surface area contributed by atoms with Gasteiger partial charge in [0, 0.05) is 0 Å². The Morgan fingerprint density at radius 3 is 2.89 bits per heavy atom. The number of hydrogen-bond acceptors (Lipinski definition) is 4. The maximum absolute atomic E-state index is 11.3. The van der Waals surface area contributed by atoms with E-state index in [1.807, 2.05) is 23.6 Å². The summed E-state index contributed by atoms with van der Waals surface area (Å²) in [5.41, 5.74) is 4.28. The number of amides is 1. The highest BCUT2D eigenvalue weighted by molar-refractivity contribution is 5.91. The third-order valence-corrected chi connectivity index (χ3v) is 2.66. The summed E-state index contributed by atoms with van der Waals surface area (Å²) in [6.07, 6.45) is 1.54. The largest absolute Gasteiger partial charge is 0.289 e. The molecule has 0 bridgehead atoms. The van der Waals surface area contributed by atoms with Crippen LogP contribution in [0.1, 0.15) is 35.8 Å². The number of nitrogens with zero attached hydrogens (tertiary/aromatic N) is 3. The molecule has 2 rings (SSSR count). The van der Waals surface area contributed by atoms with Crippen molar-refractivity contribution in [2.75, 3.05) is 0 Å². The molecule has 6 nitrogen and oxygen atoms in total. The van der Waals surface area contributed by atoms with Crippen molar-refractivity contribution in [2.24, 2.45) is 5.84 Å². The summed E-state index contributed by atoms with van der Waals surface area (Å²) in [4.78, 5) is 11.3. The summed E-state index contributed by atoms with van der Waals surface area (Å²) < 4.78 is 1.55. The Morgan fingerprint density at radius 1 is 1.44 bits per heavy atom. The average molecular weight is 245 g/mol. The molecule has 0 spiro atoms. The Bertz CT molecular complexity index is 561. The van der Waals surface area contributed by atoms with Gasteiger partial charge in [-0.1, -0.05) is 31.2 Å². The molecule has 1 aromatic heterocycles. The minimum absolute atomic E-state index is 0.187. The van der Waals surface area contributed by atoms with Gasteiger partial charge in [-0.3, -0.25) is 10.2 Å². The molecule has 0 fully saturated rings. The average Bonchev–Trinajstić information content (AvgIpc) is 2.87. The third-order valence-electron chi connectivity index (χ3n) is 2.66. The van der Waals surface area contributed by atoms with Crippen LogP contribution in [0.5, 0.6) is 0 Å². The SMILES string of the molecule is CC(C)c1cccc(-n2cc(C(=O)NN)nn2)c1. The highest BCUT2D eigenvalue weighted by Crippen LogP contribution is 2.17. The zero-order valence-corrected chi connectivity index (χ0v) is 10.3. The van der Waals surface area contributed by atoms with Crippen LogP contribution in [0.4, 0.5) is 0 Å². The molecule has 18 heavy (non-hydrogen) atoms. The van der Waals surface area contributed by atoms with E-state index < -0.39 is 5.91 Å². The van der Waals surface area contributed by atoms with Gasteiger partial charge in [-0.25, -0.2) is 10.5 Å². The fourth-order valence-electron chi connectivity index (χ4n) is 1.59. The normalized spacial score (nSPS) is 10.7. The van der Waals surface area contributed by atoms with E-state index in [-0.39, 0.29) is 5.69 Å². The number of nitrogens with one attached hydrogen (secondary N) is 1. The molecule has 0 saturated heterocycles. The molecular formula is C12H15N5O. The lowest BCUT2D eigenvalue weighted by Gasteiger charge is -2.07. The Labute approximate surface area is 105 Å². The lowest BCUT2D eigenvalue weighted by molar-refractivity contribution is 0.0948. The molecule has 0 aliphatic heterocycles. The zero-order chi connectivity index (χ0) is 13.1. The molecule has 1 amide bonds. The van der Waals surface area contributed by atoms with Crippen molar-refractivity contribution in [2.45, 2.75) is 19.8 Å². The minimum atomic E-state index is -0.457. The van der Waals surface area contributed by atoms with Gasteiger partial charge in [0.15, 0.2) is 5.69 Å². The van der Waals surface area contributed by atoms with Crippen molar-refractivity contribution in [1.82, 2.24) is 20.4 Å². The Morgan fingerprint density at radius 2 is 2.22 bits per heavy atom. The van der Waals surface area contributed by atoms with Crippen LogP contribution in [-0.2, 0) is 0 Å². The summed E-state index contributed by atoms with van der Waals surface area (Å²) in [6.45, 7) is 4.24. The first kappa shape index (κ1) is 12.3. The number of nitrogens with two attached hydrogens (primary N) is 1. The smallest absolute Gasteiger partial charge is 0.287 e. The number of carbonyl (C=O) groups excluding carboxylic acids is 1. The van der Waals surface area contributed by atoms with Crippen LogP contribution < -0.4 is 11.3 Å². The fraction of sp³-hybridized carbons (Fsp3) is 0.250. The van der Waals surface area contributed by atoms with Crippen molar-refractivity contribution in [1.29, 1.82) is 0 Å². The summed E-state index contributed by atoms with van der Waals surface area (Å²) >= 11 is 0. The van der Waals surface area contributed by atoms with E-state index in [2.05, 4.69) is 30.2 Å². The lowest BCUT2D eigenvalue weighted by atomic mass is 10.0. The van der Waals surface area contributed by atoms with Gasteiger partial charge in [-0.05, 0) is 23.6 Å². The van der Waals surface area contributed by atoms with Gasteiger partial charge in [0.2, 0.25) is 0 Å². The molecule has 6 heteroatoms. The standard InChI is InChI=1S/C12H15N5O/c1-8(2)9-4-3-5-10(6-9)17-7-11(15-16-17)12(18)14-13/h3-8H,13H2,1-2H3,(H,14,18). The fourth-order valence-corrected chi connectivity index (χ4v) is 1.59. The molecule has 1 aromatic carbocycles. The van der Waals surface area contributed by atoms with Gasteiger partial charge in [-0.2, -0.15) is 0 Å². The van der Waals surface area contributed by atoms with E-state index in [9.17, 15) is 4.79 Å². The summed E-state index contributed by atoms with van der Waals surface area (Å²) in [6, 6.07) is 7.93.